The maximum Gasteiger partial charge on any atom is 0.341 e. The molecule has 0 saturated carbocycles. The van der Waals surface area contributed by atoms with Crippen LogP contribution in [0.5, 0.6) is 0 Å². The van der Waals surface area contributed by atoms with Crippen molar-refractivity contribution >= 4 is 5.97 Å². The zero-order valence-corrected chi connectivity index (χ0v) is 8.87. The summed E-state index contributed by atoms with van der Waals surface area (Å²) < 4.78 is 10.3. The highest BCUT2D eigenvalue weighted by Gasteiger charge is 2.17. The van der Waals surface area contributed by atoms with Crippen LogP contribution in [0, 0.1) is 0 Å². The monoisotopic (exact) mass is 196 g/mol. The first-order valence-corrected chi connectivity index (χ1v) is 4.91. The first-order valence-electron chi connectivity index (χ1n) is 4.91. The minimum atomic E-state index is -0.288. The summed E-state index contributed by atoms with van der Waals surface area (Å²) in [6.45, 7) is 6.39. The molecule has 0 aliphatic heterocycles. The minimum Gasteiger partial charge on any atom is -0.468 e. The molecular formula is C11H16O3. The predicted molar refractivity (Wildman–Crippen MR) is 53.4 cm³/mol. The molecule has 0 spiro atoms. The molecule has 0 aromatic carbocycles. The Morgan fingerprint density at radius 1 is 1.57 bits per heavy atom. The van der Waals surface area contributed by atoms with Crippen LogP contribution in [0.25, 0.3) is 0 Å². The zero-order chi connectivity index (χ0) is 10.6. The van der Waals surface area contributed by atoms with E-state index < -0.39 is 0 Å². The number of carbonyl (C=O) groups is 1. The number of furan rings is 1. The van der Waals surface area contributed by atoms with Crippen LogP contribution in [0.4, 0.5) is 0 Å². The third-order valence-corrected chi connectivity index (χ3v) is 1.88. The van der Waals surface area contributed by atoms with Crippen molar-refractivity contribution in [1.29, 1.82) is 0 Å². The van der Waals surface area contributed by atoms with Gasteiger partial charge in [0.2, 0.25) is 0 Å². The quantitative estimate of drug-likeness (QED) is 0.695. The van der Waals surface area contributed by atoms with Gasteiger partial charge in [-0.05, 0) is 12.5 Å². The van der Waals surface area contributed by atoms with E-state index in [9.17, 15) is 4.79 Å². The summed E-state index contributed by atoms with van der Waals surface area (Å²) in [6, 6.07) is 1.66. The summed E-state index contributed by atoms with van der Waals surface area (Å²) in [5, 5.41) is 0. The summed E-state index contributed by atoms with van der Waals surface area (Å²) in [5.41, 5.74) is 0.549. The van der Waals surface area contributed by atoms with Crippen molar-refractivity contribution in [3.8, 4) is 0 Å². The molecule has 78 valence electrons. The van der Waals surface area contributed by atoms with Crippen molar-refractivity contribution < 1.29 is 13.9 Å². The fraction of sp³-hybridized carbons (Fsp3) is 0.545. The van der Waals surface area contributed by atoms with Crippen molar-refractivity contribution in [3.63, 3.8) is 0 Å². The molecule has 0 atom stereocenters. The van der Waals surface area contributed by atoms with Crippen LogP contribution in [0.1, 0.15) is 49.2 Å². The van der Waals surface area contributed by atoms with Gasteiger partial charge in [0.25, 0.3) is 0 Å². The molecule has 0 bridgehead atoms. The standard InChI is InChI=1S/C11H16O3/c1-4-6-14-11(12)9-5-7-13-10(9)8(2)3/h5,7-8H,4,6H2,1-3H3. The molecule has 1 aromatic rings. The maximum atomic E-state index is 11.5. The minimum absolute atomic E-state index is 0.203. The molecule has 0 saturated heterocycles. The molecule has 3 heteroatoms. The summed E-state index contributed by atoms with van der Waals surface area (Å²) in [5.74, 6) is 0.615. The Bertz CT molecular complexity index is 299. The molecule has 1 aromatic heterocycles. The lowest BCUT2D eigenvalue weighted by molar-refractivity contribution is 0.0502. The van der Waals surface area contributed by atoms with Gasteiger partial charge >= 0.3 is 5.97 Å². The number of ether oxygens (including phenoxy) is 1. The lowest BCUT2D eigenvalue weighted by atomic mass is 10.1. The lowest BCUT2D eigenvalue weighted by Gasteiger charge is -2.05. The molecular weight excluding hydrogens is 180 g/mol. The topological polar surface area (TPSA) is 39.4 Å². The van der Waals surface area contributed by atoms with Crippen LogP contribution in [0.15, 0.2) is 16.7 Å². The smallest absolute Gasteiger partial charge is 0.341 e. The van der Waals surface area contributed by atoms with E-state index in [4.69, 9.17) is 9.15 Å². The van der Waals surface area contributed by atoms with Gasteiger partial charge in [-0.2, -0.15) is 0 Å². The van der Waals surface area contributed by atoms with Crippen LogP contribution < -0.4 is 0 Å². The van der Waals surface area contributed by atoms with Crippen molar-refractivity contribution in [2.45, 2.75) is 33.1 Å². The Labute approximate surface area is 84.1 Å². The van der Waals surface area contributed by atoms with Crippen LogP contribution in [0.2, 0.25) is 0 Å². The first-order chi connectivity index (χ1) is 6.66. The van der Waals surface area contributed by atoms with Crippen molar-refractivity contribution in [2.24, 2.45) is 0 Å². The fourth-order valence-corrected chi connectivity index (χ4v) is 1.21. The molecule has 0 aliphatic carbocycles. The highest BCUT2D eigenvalue weighted by atomic mass is 16.5. The molecule has 1 heterocycles. The van der Waals surface area contributed by atoms with Crippen molar-refractivity contribution in [1.82, 2.24) is 0 Å². The van der Waals surface area contributed by atoms with Gasteiger partial charge in [-0.15, -0.1) is 0 Å². The Morgan fingerprint density at radius 3 is 2.86 bits per heavy atom. The fourth-order valence-electron chi connectivity index (χ4n) is 1.21. The molecule has 0 unspecified atom stereocenters. The molecule has 3 nitrogen and oxygen atoms in total. The Balaban J connectivity index is 2.74. The Morgan fingerprint density at radius 2 is 2.29 bits per heavy atom. The van der Waals surface area contributed by atoms with E-state index in [0.29, 0.717) is 17.9 Å². The summed E-state index contributed by atoms with van der Waals surface area (Å²) in [4.78, 5) is 11.5. The Hall–Kier alpha value is -1.25. The highest BCUT2D eigenvalue weighted by molar-refractivity contribution is 5.90. The molecule has 0 radical (unpaired) electrons. The zero-order valence-electron chi connectivity index (χ0n) is 8.87. The van der Waals surface area contributed by atoms with Crippen LogP contribution in [-0.4, -0.2) is 12.6 Å². The summed E-state index contributed by atoms with van der Waals surface area (Å²) >= 11 is 0. The van der Waals surface area contributed by atoms with E-state index in [2.05, 4.69) is 0 Å². The second kappa shape index (κ2) is 4.84. The third kappa shape index (κ3) is 2.37. The second-order valence-corrected chi connectivity index (χ2v) is 3.49. The average molecular weight is 196 g/mol. The van der Waals surface area contributed by atoms with E-state index >= 15 is 0 Å². The first kappa shape index (κ1) is 10.8. The van der Waals surface area contributed by atoms with Gasteiger partial charge in [0.1, 0.15) is 11.3 Å². The van der Waals surface area contributed by atoms with Crippen LogP contribution >= 0.6 is 0 Å². The number of rotatable bonds is 4. The number of esters is 1. The summed E-state index contributed by atoms with van der Waals surface area (Å²) in [7, 11) is 0. The second-order valence-electron chi connectivity index (χ2n) is 3.49. The third-order valence-electron chi connectivity index (χ3n) is 1.88. The molecule has 0 fully saturated rings. The number of carbonyl (C=O) groups excluding carboxylic acids is 1. The van der Waals surface area contributed by atoms with Crippen molar-refractivity contribution in [3.05, 3.63) is 23.7 Å². The largest absolute Gasteiger partial charge is 0.468 e. The number of hydrogen-bond acceptors (Lipinski definition) is 3. The Kier molecular flexibility index (Phi) is 3.74. The van der Waals surface area contributed by atoms with Crippen LogP contribution in [0.3, 0.4) is 0 Å². The van der Waals surface area contributed by atoms with Gasteiger partial charge in [0, 0.05) is 5.92 Å². The van der Waals surface area contributed by atoms with E-state index in [1.165, 1.54) is 6.26 Å². The van der Waals surface area contributed by atoms with E-state index in [-0.39, 0.29) is 11.9 Å². The summed E-state index contributed by atoms with van der Waals surface area (Å²) in [6.07, 6.45) is 2.36. The van der Waals surface area contributed by atoms with Gasteiger partial charge in [0.15, 0.2) is 0 Å². The van der Waals surface area contributed by atoms with E-state index in [0.717, 1.165) is 6.42 Å². The maximum absolute atomic E-state index is 11.5. The highest BCUT2D eigenvalue weighted by Crippen LogP contribution is 2.21. The molecule has 0 aliphatic rings. The van der Waals surface area contributed by atoms with Gasteiger partial charge in [0.05, 0.1) is 12.9 Å². The molecule has 1 rings (SSSR count). The van der Waals surface area contributed by atoms with Gasteiger partial charge in [-0.3, -0.25) is 0 Å². The number of hydrogen-bond donors (Lipinski definition) is 0. The van der Waals surface area contributed by atoms with Gasteiger partial charge in [-0.1, -0.05) is 20.8 Å². The molecule has 0 N–H and O–H groups in total. The average Bonchev–Trinajstić information content (AvgIpc) is 2.62. The normalized spacial score (nSPS) is 10.6. The van der Waals surface area contributed by atoms with E-state index in [1.54, 1.807) is 6.07 Å². The van der Waals surface area contributed by atoms with Crippen LogP contribution in [-0.2, 0) is 4.74 Å². The predicted octanol–water partition coefficient (Wildman–Crippen LogP) is 2.97. The van der Waals surface area contributed by atoms with Crippen molar-refractivity contribution in [2.75, 3.05) is 6.61 Å². The molecule has 0 amide bonds. The lowest BCUT2D eigenvalue weighted by Crippen LogP contribution is -2.07. The van der Waals surface area contributed by atoms with Gasteiger partial charge in [-0.25, -0.2) is 4.79 Å². The molecule has 14 heavy (non-hydrogen) atoms. The SMILES string of the molecule is CCCOC(=O)c1ccoc1C(C)C. The van der Waals surface area contributed by atoms with Gasteiger partial charge < -0.3 is 9.15 Å². The van der Waals surface area contributed by atoms with E-state index in [1.807, 2.05) is 20.8 Å².